The van der Waals surface area contributed by atoms with Gasteiger partial charge in [0, 0.05) is 11.6 Å². The van der Waals surface area contributed by atoms with Crippen molar-refractivity contribution in [3.63, 3.8) is 0 Å². The molecule has 1 aromatic heterocycles. The maximum atomic E-state index is 10.1. The van der Waals surface area contributed by atoms with E-state index in [1.807, 2.05) is 30.3 Å². The molecule has 1 aromatic carbocycles. The standard InChI is InChI=1S/C14H19N3O2.ClH/c1-9(2)8-11(15)12(18)14-17-16-13(19-14)10-6-4-3-5-7-10;/h3-7,9,11-12,18H,8,15H2,1-2H3;1H/t11-,12?;/m0./s1. The molecule has 0 aliphatic rings. The van der Waals surface area contributed by atoms with Crippen molar-refractivity contribution >= 4 is 12.4 Å². The monoisotopic (exact) mass is 297 g/mol. The van der Waals surface area contributed by atoms with E-state index in [0.717, 1.165) is 5.56 Å². The molecule has 0 saturated heterocycles. The molecule has 5 nitrogen and oxygen atoms in total. The van der Waals surface area contributed by atoms with Crippen LogP contribution in [0.5, 0.6) is 0 Å². The molecule has 0 saturated carbocycles. The fourth-order valence-corrected chi connectivity index (χ4v) is 1.91. The van der Waals surface area contributed by atoms with Crippen LogP contribution in [-0.2, 0) is 0 Å². The Labute approximate surface area is 124 Å². The largest absolute Gasteiger partial charge is 0.418 e. The Morgan fingerprint density at radius 3 is 2.45 bits per heavy atom. The van der Waals surface area contributed by atoms with Crippen LogP contribution in [-0.4, -0.2) is 21.3 Å². The van der Waals surface area contributed by atoms with E-state index in [0.29, 0.717) is 18.2 Å². The highest BCUT2D eigenvalue weighted by atomic mass is 35.5. The van der Waals surface area contributed by atoms with Gasteiger partial charge >= 0.3 is 0 Å². The Balaban J connectivity index is 0.00000200. The second-order valence-electron chi connectivity index (χ2n) is 5.05. The fraction of sp³-hybridized carbons (Fsp3) is 0.429. The SMILES string of the molecule is CC(C)C[C@H](N)C(O)c1nnc(-c2ccccc2)o1.Cl. The summed E-state index contributed by atoms with van der Waals surface area (Å²) in [4.78, 5) is 0. The average Bonchev–Trinajstić information content (AvgIpc) is 2.87. The zero-order valence-corrected chi connectivity index (χ0v) is 12.4. The maximum absolute atomic E-state index is 10.1. The summed E-state index contributed by atoms with van der Waals surface area (Å²) in [7, 11) is 0. The molecule has 3 N–H and O–H groups in total. The molecule has 2 aromatic rings. The Kier molecular flexibility index (Phi) is 6.13. The van der Waals surface area contributed by atoms with Crippen LogP contribution < -0.4 is 5.73 Å². The van der Waals surface area contributed by atoms with Crippen LogP contribution in [0.4, 0.5) is 0 Å². The van der Waals surface area contributed by atoms with E-state index in [2.05, 4.69) is 24.0 Å². The van der Waals surface area contributed by atoms with E-state index in [1.54, 1.807) is 0 Å². The van der Waals surface area contributed by atoms with Crippen LogP contribution in [0.1, 0.15) is 32.3 Å². The minimum atomic E-state index is -0.924. The van der Waals surface area contributed by atoms with Crippen LogP contribution in [0.15, 0.2) is 34.7 Å². The summed E-state index contributed by atoms with van der Waals surface area (Å²) in [5.41, 5.74) is 6.75. The second kappa shape index (κ2) is 7.38. The molecule has 0 radical (unpaired) electrons. The van der Waals surface area contributed by atoms with Crippen LogP contribution in [0.3, 0.4) is 0 Å². The van der Waals surface area contributed by atoms with Crippen molar-refractivity contribution in [2.24, 2.45) is 11.7 Å². The van der Waals surface area contributed by atoms with Crippen molar-refractivity contribution < 1.29 is 9.52 Å². The Morgan fingerprint density at radius 1 is 1.20 bits per heavy atom. The maximum Gasteiger partial charge on any atom is 0.247 e. The number of halogens is 1. The minimum Gasteiger partial charge on any atom is -0.418 e. The summed E-state index contributed by atoms with van der Waals surface area (Å²) in [6.45, 7) is 4.10. The lowest BCUT2D eigenvalue weighted by atomic mass is 10.0. The van der Waals surface area contributed by atoms with Gasteiger partial charge in [0.25, 0.3) is 0 Å². The third kappa shape index (κ3) is 4.03. The van der Waals surface area contributed by atoms with Gasteiger partial charge in [0.1, 0.15) is 6.10 Å². The Morgan fingerprint density at radius 2 is 1.85 bits per heavy atom. The molecule has 0 amide bonds. The Bertz CT molecular complexity index is 516. The Hall–Kier alpha value is -1.43. The summed E-state index contributed by atoms with van der Waals surface area (Å²) >= 11 is 0. The summed E-state index contributed by atoms with van der Waals surface area (Å²) in [6, 6.07) is 9.04. The summed E-state index contributed by atoms with van der Waals surface area (Å²) in [5, 5.41) is 17.9. The first-order valence-electron chi connectivity index (χ1n) is 6.40. The van der Waals surface area contributed by atoms with Gasteiger partial charge in [0.05, 0.1) is 0 Å². The lowest BCUT2D eigenvalue weighted by Gasteiger charge is -2.17. The number of aliphatic hydroxyl groups is 1. The fourth-order valence-electron chi connectivity index (χ4n) is 1.91. The van der Waals surface area contributed by atoms with Crippen molar-refractivity contribution in [2.45, 2.75) is 32.4 Å². The first-order valence-corrected chi connectivity index (χ1v) is 6.40. The van der Waals surface area contributed by atoms with Crippen LogP contribution in [0.2, 0.25) is 0 Å². The predicted octanol–water partition coefficient (Wildman–Crippen LogP) is 2.57. The first kappa shape index (κ1) is 16.6. The summed E-state index contributed by atoms with van der Waals surface area (Å²) < 4.78 is 5.48. The van der Waals surface area contributed by atoms with Crippen LogP contribution in [0, 0.1) is 5.92 Å². The van der Waals surface area contributed by atoms with Gasteiger partial charge in [-0.1, -0.05) is 32.0 Å². The highest BCUT2D eigenvalue weighted by Gasteiger charge is 2.23. The number of rotatable bonds is 5. The number of benzene rings is 1. The lowest BCUT2D eigenvalue weighted by molar-refractivity contribution is 0.107. The van der Waals surface area contributed by atoms with E-state index < -0.39 is 12.1 Å². The first-order chi connectivity index (χ1) is 9.08. The van der Waals surface area contributed by atoms with Crippen molar-refractivity contribution in [3.05, 3.63) is 36.2 Å². The van der Waals surface area contributed by atoms with E-state index in [1.165, 1.54) is 0 Å². The smallest absolute Gasteiger partial charge is 0.247 e. The molecular formula is C14H20ClN3O2. The molecule has 0 fully saturated rings. The molecule has 2 rings (SSSR count). The molecule has 110 valence electrons. The molecule has 6 heteroatoms. The van der Waals surface area contributed by atoms with Gasteiger partial charge in [-0.2, -0.15) is 0 Å². The van der Waals surface area contributed by atoms with Crippen molar-refractivity contribution in [1.29, 1.82) is 0 Å². The molecule has 20 heavy (non-hydrogen) atoms. The van der Waals surface area contributed by atoms with Gasteiger partial charge in [-0.15, -0.1) is 22.6 Å². The topological polar surface area (TPSA) is 85.2 Å². The number of hydrogen-bond donors (Lipinski definition) is 2. The van der Waals surface area contributed by atoms with Crippen molar-refractivity contribution in [1.82, 2.24) is 10.2 Å². The molecule has 1 heterocycles. The van der Waals surface area contributed by atoms with Crippen LogP contribution in [0.25, 0.3) is 11.5 Å². The second-order valence-corrected chi connectivity index (χ2v) is 5.05. The van der Waals surface area contributed by atoms with Crippen molar-refractivity contribution in [2.75, 3.05) is 0 Å². The van der Waals surface area contributed by atoms with Gasteiger partial charge in [0.15, 0.2) is 0 Å². The number of hydrogen-bond acceptors (Lipinski definition) is 5. The van der Waals surface area contributed by atoms with Crippen molar-refractivity contribution in [3.8, 4) is 11.5 Å². The number of aromatic nitrogens is 2. The van der Waals surface area contributed by atoms with Gasteiger partial charge in [-0.05, 0) is 24.5 Å². The highest BCUT2D eigenvalue weighted by molar-refractivity contribution is 5.85. The van der Waals surface area contributed by atoms with Gasteiger partial charge in [0.2, 0.25) is 11.8 Å². The van der Waals surface area contributed by atoms with Gasteiger partial charge in [-0.3, -0.25) is 0 Å². The third-order valence-corrected chi connectivity index (χ3v) is 2.86. The van der Waals surface area contributed by atoms with Gasteiger partial charge in [-0.25, -0.2) is 0 Å². The normalized spacial score (nSPS) is 13.8. The third-order valence-electron chi connectivity index (χ3n) is 2.86. The molecule has 0 spiro atoms. The summed E-state index contributed by atoms with van der Waals surface area (Å²) in [6.07, 6.45) is -0.225. The molecule has 1 unspecified atom stereocenters. The lowest BCUT2D eigenvalue weighted by Crippen LogP contribution is -2.30. The van der Waals surface area contributed by atoms with E-state index in [9.17, 15) is 5.11 Å². The highest BCUT2D eigenvalue weighted by Crippen LogP contribution is 2.23. The van der Waals surface area contributed by atoms with Gasteiger partial charge < -0.3 is 15.3 Å². The average molecular weight is 298 g/mol. The predicted molar refractivity (Wildman–Crippen MR) is 79.4 cm³/mol. The molecule has 2 atom stereocenters. The number of nitrogens with zero attached hydrogens (tertiary/aromatic N) is 2. The zero-order valence-electron chi connectivity index (χ0n) is 11.6. The number of nitrogens with two attached hydrogens (primary N) is 1. The zero-order chi connectivity index (χ0) is 13.8. The summed E-state index contributed by atoms with van der Waals surface area (Å²) in [5.74, 6) is 0.972. The molecular weight excluding hydrogens is 278 g/mol. The van der Waals surface area contributed by atoms with E-state index in [-0.39, 0.29) is 18.3 Å². The van der Waals surface area contributed by atoms with Crippen LogP contribution >= 0.6 is 12.4 Å². The minimum absolute atomic E-state index is 0. The van der Waals surface area contributed by atoms with E-state index >= 15 is 0 Å². The molecule has 0 bridgehead atoms. The quantitative estimate of drug-likeness (QED) is 0.886. The molecule has 0 aliphatic carbocycles. The number of aliphatic hydroxyl groups excluding tert-OH is 1. The van der Waals surface area contributed by atoms with E-state index in [4.69, 9.17) is 10.2 Å². The molecule has 0 aliphatic heterocycles.